The third kappa shape index (κ3) is 5.29. The van der Waals surface area contributed by atoms with Gasteiger partial charge in [0, 0.05) is 24.7 Å². The average molecular weight is 450 g/mol. The lowest BCUT2D eigenvalue weighted by Gasteiger charge is -2.32. The molecule has 31 heavy (non-hydrogen) atoms. The second-order valence-corrected chi connectivity index (χ2v) is 10.9. The molecule has 172 valence electrons. The third-order valence-corrected chi connectivity index (χ3v) is 7.97. The van der Waals surface area contributed by atoms with Gasteiger partial charge in [-0.05, 0) is 54.9 Å². The third-order valence-electron chi connectivity index (χ3n) is 6.53. The molecule has 0 radical (unpaired) electrons. The summed E-state index contributed by atoms with van der Waals surface area (Å²) in [6.45, 7) is 8.20. The van der Waals surface area contributed by atoms with Crippen LogP contribution in [0.3, 0.4) is 0 Å². The van der Waals surface area contributed by atoms with Gasteiger partial charge >= 0.3 is 0 Å². The van der Waals surface area contributed by atoms with Crippen molar-refractivity contribution in [2.45, 2.75) is 83.2 Å². The van der Waals surface area contributed by atoms with Crippen molar-refractivity contribution in [3.8, 4) is 0 Å². The van der Waals surface area contributed by atoms with Gasteiger partial charge in [0.05, 0.1) is 4.90 Å². The molecule has 0 saturated heterocycles. The summed E-state index contributed by atoms with van der Waals surface area (Å²) >= 11 is 0. The number of benzene rings is 1. The van der Waals surface area contributed by atoms with E-state index in [-0.39, 0.29) is 28.7 Å². The Kier molecular flexibility index (Phi) is 7.42. The number of nitrogens with zero attached hydrogens (tertiary/aromatic N) is 1. The fraction of sp³-hybridized carbons (Fsp3) is 0.652. The van der Waals surface area contributed by atoms with Crippen molar-refractivity contribution in [2.75, 3.05) is 11.4 Å². The first kappa shape index (κ1) is 23.7. The number of fused-ring (bicyclic) bond motifs is 1. The van der Waals surface area contributed by atoms with Gasteiger partial charge in [-0.25, -0.2) is 8.42 Å². The minimum Gasteiger partial charge on any atom is -0.352 e. The normalized spacial score (nSPS) is 22.3. The van der Waals surface area contributed by atoms with Crippen LogP contribution >= 0.6 is 0 Å². The predicted molar refractivity (Wildman–Crippen MR) is 121 cm³/mol. The molecule has 1 aromatic rings. The van der Waals surface area contributed by atoms with E-state index in [2.05, 4.69) is 17.0 Å². The van der Waals surface area contributed by atoms with E-state index in [4.69, 9.17) is 0 Å². The number of nitrogens with one attached hydrogen (secondary N) is 2. The molecule has 0 aromatic heterocycles. The van der Waals surface area contributed by atoms with Crippen molar-refractivity contribution in [1.29, 1.82) is 0 Å². The fourth-order valence-corrected chi connectivity index (χ4v) is 5.92. The molecular weight excluding hydrogens is 414 g/mol. The summed E-state index contributed by atoms with van der Waals surface area (Å²) in [5.74, 6) is -0.0347. The molecule has 1 aromatic carbocycles. The van der Waals surface area contributed by atoms with Crippen molar-refractivity contribution in [3.05, 3.63) is 23.8 Å². The maximum atomic E-state index is 13.1. The van der Waals surface area contributed by atoms with Crippen LogP contribution < -0.4 is 14.9 Å². The van der Waals surface area contributed by atoms with E-state index in [0.29, 0.717) is 25.3 Å². The molecule has 1 aliphatic carbocycles. The molecule has 1 fully saturated rings. The molecule has 7 nitrogen and oxygen atoms in total. The molecule has 0 spiro atoms. The topological polar surface area (TPSA) is 95.6 Å². The van der Waals surface area contributed by atoms with Crippen LogP contribution in [0.25, 0.3) is 0 Å². The van der Waals surface area contributed by atoms with E-state index in [0.717, 1.165) is 30.5 Å². The molecule has 1 saturated carbocycles. The van der Waals surface area contributed by atoms with E-state index >= 15 is 0 Å². The van der Waals surface area contributed by atoms with Gasteiger partial charge in [0.15, 0.2) is 0 Å². The second kappa shape index (κ2) is 9.69. The highest BCUT2D eigenvalue weighted by molar-refractivity contribution is 7.89. The number of rotatable bonds is 7. The number of carbonyl (C=O) groups excluding carboxylic acids is 2. The largest absolute Gasteiger partial charge is 0.352 e. The van der Waals surface area contributed by atoms with E-state index in [9.17, 15) is 18.0 Å². The molecule has 0 unspecified atom stereocenters. The smallest absolute Gasteiger partial charge is 0.241 e. The van der Waals surface area contributed by atoms with Crippen LogP contribution in [-0.4, -0.2) is 38.9 Å². The van der Waals surface area contributed by atoms with E-state index in [1.807, 2.05) is 20.8 Å². The Morgan fingerprint density at radius 2 is 1.90 bits per heavy atom. The zero-order valence-corrected chi connectivity index (χ0v) is 19.8. The Hall–Kier alpha value is -1.93. The monoisotopic (exact) mass is 449 g/mol. The summed E-state index contributed by atoms with van der Waals surface area (Å²) in [5.41, 5.74) is 1.61. The molecule has 8 heteroatoms. The first-order valence-corrected chi connectivity index (χ1v) is 12.9. The first-order chi connectivity index (χ1) is 14.6. The number of hydrogen-bond donors (Lipinski definition) is 2. The molecule has 0 bridgehead atoms. The SMILES string of the molecule is CCC(=O)N1CCc2cc(S(=O)(=O)N[C@H](C(=O)N[C@@H]3CCCC[C@@H]3C)C(C)C)ccc21. The molecule has 3 atom stereocenters. The lowest BCUT2D eigenvalue weighted by Crippen LogP contribution is -2.53. The lowest BCUT2D eigenvalue weighted by atomic mass is 9.85. The zero-order valence-electron chi connectivity index (χ0n) is 19.0. The highest BCUT2D eigenvalue weighted by Gasteiger charge is 2.32. The fourth-order valence-electron chi connectivity index (χ4n) is 4.53. The van der Waals surface area contributed by atoms with Gasteiger partial charge in [-0.2, -0.15) is 4.72 Å². The molecule has 1 heterocycles. The van der Waals surface area contributed by atoms with Gasteiger partial charge in [-0.15, -0.1) is 0 Å². The number of amides is 2. The van der Waals surface area contributed by atoms with Gasteiger partial charge in [0.2, 0.25) is 21.8 Å². The summed E-state index contributed by atoms with van der Waals surface area (Å²) < 4.78 is 28.8. The predicted octanol–water partition coefficient (Wildman–Crippen LogP) is 2.98. The Bertz CT molecular complexity index is 929. The summed E-state index contributed by atoms with van der Waals surface area (Å²) in [6.07, 6.45) is 5.30. The minimum absolute atomic E-state index is 0.0287. The molecule has 2 N–H and O–H groups in total. The summed E-state index contributed by atoms with van der Waals surface area (Å²) in [6, 6.07) is 4.08. The number of sulfonamides is 1. The van der Waals surface area contributed by atoms with Crippen LogP contribution in [0.5, 0.6) is 0 Å². The maximum absolute atomic E-state index is 13.1. The molecular formula is C23H35N3O4S. The van der Waals surface area contributed by atoms with Gasteiger partial charge in [-0.1, -0.05) is 40.5 Å². The van der Waals surface area contributed by atoms with Gasteiger partial charge in [0.1, 0.15) is 6.04 Å². The lowest BCUT2D eigenvalue weighted by molar-refractivity contribution is -0.125. The van der Waals surface area contributed by atoms with E-state index in [1.54, 1.807) is 17.0 Å². The van der Waals surface area contributed by atoms with Crippen LogP contribution in [0.4, 0.5) is 5.69 Å². The van der Waals surface area contributed by atoms with Gasteiger partial charge in [-0.3, -0.25) is 9.59 Å². The average Bonchev–Trinajstić information content (AvgIpc) is 3.16. The number of hydrogen-bond acceptors (Lipinski definition) is 4. The van der Waals surface area contributed by atoms with Crippen LogP contribution in [-0.2, 0) is 26.0 Å². The quantitative estimate of drug-likeness (QED) is 0.669. The van der Waals surface area contributed by atoms with E-state index in [1.165, 1.54) is 12.5 Å². The molecule has 1 aliphatic heterocycles. The van der Waals surface area contributed by atoms with Crippen molar-refractivity contribution in [3.63, 3.8) is 0 Å². The van der Waals surface area contributed by atoms with Gasteiger partial charge in [0.25, 0.3) is 0 Å². The standard InChI is InChI=1S/C23H35N3O4S/c1-5-21(27)26-13-12-17-14-18(10-11-20(17)26)31(29,30)25-22(15(2)3)23(28)24-19-9-7-6-8-16(19)4/h10-11,14-16,19,22,25H,5-9,12-13H2,1-4H3,(H,24,28)/t16-,19+,22-/m0/s1. The first-order valence-electron chi connectivity index (χ1n) is 11.4. The highest BCUT2D eigenvalue weighted by atomic mass is 32.2. The Labute approximate surface area is 186 Å². The van der Waals surface area contributed by atoms with Crippen LogP contribution in [0.2, 0.25) is 0 Å². The van der Waals surface area contributed by atoms with Crippen molar-refractivity contribution in [1.82, 2.24) is 10.0 Å². The van der Waals surface area contributed by atoms with Crippen molar-refractivity contribution >= 4 is 27.5 Å². The molecule has 2 amide bonds. The van der Waals surface area contributed by atoms with Crippen LogP contribution in [0, 0.1) is 11.8 Å². The van der Waals surface area contributed by atoms with Crippen molar-refractivity contribution < 1.29 is 18.0 Å². The number of carbonyl (C=O) groups is 2. The van der Waals surface area contributed by atoms with E-state index < -0.39 is 16.1 Å². The maximum Gasteiger partial charge on any atom is 0.241 e. The molecule has 3 rings (SSSR count). The van der Waals surface area contributed by atoms with Crippen molar-refractivity contribution in [2.24, 2.45) is 11.8 Å². The summed E-state index contributed by atoms with van der Waals surface area (Å²) in [4.78, 5) is 26.9. The highest BCUT2D eigenvalue weighted by Crippen LogP contribution is 2.31. The summed E-state index contributed by atoms with van der Waals surface area (Å²) in [7, 11) is -3.88. The van der Waals surface area contributed by atoms with Crippen LogP contribution in [0.1, 0.15) is 65.4 Å². The van der Waals surface area contributed by atoms with Crippen LogP contribution in [0.15, 0.2) is 23.1 Å². The van der Waals surface area contributed by atoms with Gasteiger partial charge < -0.3 is 10.2 Å². The number of anilines is 1. The zero-order chi connectivity index (χ0) is 22.8. The summed E-state index contributed by atoms with van der Waals surface area (Å²) in [5, 5.41) is 3.08. The second-order valence-electron chi connectivity index (χ2n) is 9.16. The Balaban J connectivity index is 1.76. The Morgan fingerprint density at radius 1 is 1.19 bits per heavy atom. The molecule has 2 aliphatic rings. The Morgan fingerprint density at radius 3 is 2.55 bits per heavy atom. The minimum atomic E-state index is -3.88.